The zero-order chi connectivity index (χ0) is 25.4. The Balaban J connectivity index is 0.00000456. The second-order valence-corrected chi connectivity index (χ2v) is 8.92. The standard InChI is InChI=1S/C29H33N3O3.Ni/c1-5-24(27(33)34)30-26(22-16-10-7-11-17-22)23-18-12-13-19-25(23)31-28(35)29(3,4)32-20(2)21-14-8-6-9-15-21;/h6-20,24,32H,5H2,1-4H3,(H,31,35)(H,33,34);/q;+2/p-2/t20-,24+;/m1./s1. The van der Waals surface area contributed by atoms with Crippen LogP contribution in [0, 0.1) is 0 Å². The first-order valence-electron chi connectivity index (χ1n) is 11.7. The first kappa shape index (κ1) is 29.0. The molecule has 0 aliphatic rings. The summed E-state index contributed by atoms with van der Waals surface area (Å²) in [5.41, 5.74) is 2.33. The van der Waals surface area contributed by atoms with Crippen molar-refractivity contribution in [2.24, 2.45) is 9.98 Å². The van der Waals surface area contributed by atoms with Crippen molar-refractivity contribution in [3.05, 3.63) is 102 Å². The van der Waals surface area contributed by atoms with E-state index in [1.54, 1.807) is 39.0 Å². The minimum Gasteiger partial charge on any atom is -0.860 e. The molecule has 0 radical (unpaired) electrons. The van der Waals surface area contributed by atoms with Crippen molar-refractivity contribution in [3.8, 4) is 0 Å². The summed E-state index contributed by atoms with van der Waals surface area (Å²) in [6.07, 6.45) is 0.283. The van der Waals surface area contributed by atoms with Gasteiger partial charge in [-0.1, -0.05) is 85.8 Å². The third-order valence-electron chi connectivity index (χ3n) is 5.78. The first-order chi connectivity index (χ1) is 16.7. The van der Waals surface area contributed by atoms with Gasteiger partial charge in [-0.3, -0.25) is 9.98 Å². The van der Waals surface area contributed by atoms with E-state index in [1.807, 2.05) is 73.7 Å². The molecule has 0 saturated heterocycles. The topological polar surface area (TPSA) is 99.9 Å². The summed E-state index contributed by atoms with van der Waals surface area (Å²) >= 11 is 0. The van der Waals surface area contributed by atoms with E-state index in [2.05, 4.69) is 15.3 Å². The van der Waals surface area contributed by atoms with E-state index in [4.69, 9.17) is 0 Å². The summed E-state index contributed by atoms with van der Waals surface area (Å²) in [5.74, 6) is -1.58. The minimum atomic E-state index is -1.24. The van der Waals surface area contributed by atoms with Gasteiger partial charge in [0.25, 0.3) is 0 Å². The third kappa shape index (κ3) is 7.36. The normalized spacial score (nSPS) is 14.0. The van der Waals surface area contributed by atoms with Gasteiger partial charge in [0.2, 0.25) is 0 Å². The molecular formula is C29H31N3NiO3. The SMILES string of the molecule is CC[C@H](N=C(c1ccccc1)c1ccccc1N=C([O-])C(C)(C)N[C@H](C)c1ccccc1)C(=O)[O-].[Ni+2]. The number of carbonyl (C=O) groups excluding carboxylic acids is 1. The van der Waals surface area contributed by atoms with E-state index >= 15 is 0 Å². The van der Waals surface area contributed by atoms with Crippen molar-refractivity contribution in [1.82, 2.24) is 5.32 Å². The molecule has 0 amide bonds. The van der Waals surface area contributed by atoms with E-state index in [9.17, 15) is 15.0 Å². The Hall–Kier alpha value is -3.28. The zero-order valence-corrected chi connectivity index (χ0v) is 21.9. The number of carboxylic acid groups (broad SMARTS) is 1. The fraction of sp³-hybridized carbons (Fsp3) is 0.276. The number of carbonyl (C=O) groups is 1. The molecule has 0 aromatic heterocycles. The number of carboxylic acids is 1. The number of nitrogens with one attached hydrogen (secondary N) is 1. The second-order valence-electron chi connectivity index (χ2n) is 8.92. The van der Waals surface area contributed by atoms with Gasteiger partial charge < -0.3 is 20.3 Å². The van der Waals surface area contributed by atoms with Gasteiger partial charge in [0, 0.05) is 22.7 Å². The predicted octanol–water partition coefficient (Wildman–Crippen LogP) is 3.57. The fourth-order valence-electron chi connectivity index (χ4n) is 3.81. The van der Waals surface area contributed by atoms with Gasteiger partial charge >= 0.3 is 16.5 Å². The number of hydrogen-bond donors (Lipinski definition) is 1. The van der Waals surface area contributed by atoms with Gasteiger partial charge in [-0.2, -0.15) is 0 Å². The molecule has 0 heterocycles. The van der Waals surface area contributed by atoms with Crippen LogP contribution in [0.2, 0.25) is 0 Å². The molecule has 0 bridgehead atoms. The maximum Gasteiger partial charge on any atom is 2.00 e. The number of rotatable bonds is 10. The summed E-state index contributed by atoms with van der Waals surface area (Å²) in [4.78, 5) is 20.6. The number of nitrogens with zero attached hydrogens (tertiary/aromatic N) is 2. The first-order valence-corrected chi connectivity index (χ1v) is 11.7. The van der Waals surface area contributed by atoms with E-state index in [1.165, 1.54) is 0 Å². The zero-order valence-electron chi connectivity index (χ0n) is 20.9. The van der Waals surface area contributed by atoms with E-state index in [0.29, 0.717) is 17.0 Å². The summed E-state index contributed by atoms with van der Waals surface area (Å²) in [5, 5.41) is 28.3. The molecule has 0 aliphatic carbocycles. The Morgan fingerprint density at radius 2 is 1.47 bits per heavy atom. The van der Waals surface area contributed by atoms with Gasteiger partial charge in [0.05, 0.1) is 23.4 Å². The van der Waals surface area contributed by atoms with Gasteiger partial charge in [0.1, 0.15) is 0 Å². The number of para-hydroxylation sites is 1. The van der Waals surface area contributed by atoms with Crippen LogP contribution in [0.5, 0.6) is 0 Å². The number of aliphatic carboxylic acids is 1. The van der Waals surface area contributed by atoms with Crippen molar-refractivity contribution in [3.63, 3.8) is 0 Å². The van der Waals surface area contributed by atoms with Crippen molar-refractivity contribution < 1.29 is 31.5 Å². The van der Waals surface area contributed by atoms with Gasteiger partial charge in [-0.15, -0.1) is 0 Å². The molecule has 0 spiro atoms. The van der Waals surface area contributed by atoms with Crippen LogP contribution >= 0.6 is 0 Å². The Labute approximate surface area is 223 Å². The number of benzene rings is 3. The molecule has 3 aromatic carbocycles. The Morgan fingerprint density at radius 3 is 2.06 bits per heavy atom. The molecule has 36 heavy (non-hydrogen) atoms. The quantitative estimate of drug-likeness (QED) is 0.247. The fourth-order valence-corrected chi connectivity index (χ4v) is 3.81. The molecule has 0 unspecified atom stereocenters. The smallest absolute Gasteiger partial charge is 0.860 e. The maximum absolute atomic E-state index is 13.3. The van der Waals surface area contributed by atoms with Crippen LogP contribution in [0.1, 0.15) is 56.8 Å². The molecular weight excluding hydrogens is 497 g/mol. The molecule has 2 atom stereocenters. The van der Waals surface area contributed by atoms with Crippen LogP contribution in [0.3, 0.4) is 0 Å². The third-order valence-corrected chi connectivity index (χ3v) is 5.78. The summed E-state index contributed by atoms with van der Waals surface area (Å²) in [7, 11) is 0. The predicted molar refractivity (Wildman–Crippen MR) is 137 cm³/mol. The van der Waals surface area contributed by atoms with E-state index in [0.717, 1.165) is 11.1 Å². The van der Waals surface area contributed by atoms with Gasteiger partial charge in [0.15, 0.2) is 0 Å². The summed E-state index contributed by atoms with van der Waals surface area (Å²) in [6, 6.07) is 25.3. The molecule has 7 heteroatoms. The summed E-state index contributed by atoms with van der Waals surface area (Å²) in [6.45, 7) is 7.35. The Kier molecular flexibility index (Phi) is 10.6. The molecule has 6 nitrogen and oxygen atoms in total. The Bertz CT molecular complexity index is 1190. The summed E-state index contributed by atoms with van der Waals surface area (Å²) < 4.78 is 0. The van der Waals surface area contributed by atoms with Crippen molar-refractivity contribution >= 4 is 23.3 Å². The van der Waals surface area contributed by atoms with Crippen LogP contribution in [-0.4, -0.2) is 29.2 Å². The maximum atomic E-state index is 13.3. The van der Waals surface area contributed by atoms with Crippen LogP contribution < -0.4 is 15.5 Å². The van der Waals surface area contributed by atoms with Crippen molar-refractivity contribution in [2.45, 2.75) is 51.7 Å². The largest absolute Gasteiger partial charge is 2.00 e. The molecule has 190 valence electrons. The number of hydrogen-bond acceptors (Lipinski definition) is 6. The average Bonchev–Trinajstić information content (AvgIpc) is 2.86. The molecule has 0 aliphatic heterocycles. The van der Waals surface area contributed by atoms with Crippen LogP contribution in [0.25, 0.3) is 0 Å². The molecule has 0 saturated carbocycles. The molecule has 0 fully saturated rings. The molecule has 1 N–H and O–H groups in total. The van der Waals surface area contributed by atoms with E-state index in [-0.39, 0.29) is 34.9 Å². The Morgan fingerprint density at radius 1 is 0.917 bits per heavy atom. The molecule has 3 aromatic rings. The van der Waals surface area contributed by atoms with Crippen molar-refractivity contribution in [2.75, 3.05) is 0 Å². The number of aliphatic imine (C=N–C) groups is 2. The monoisotopic (exact) mass is 527 g/mol. The van der Waals surface area contributed by atoms with Gasteiger partial charge in [-0.25, -0.2) is 0 Å². The second kappa shape index (κ2) is 13.1. The van der Waals surface area contributed by atoms with Gasteiger partial charge in [-0.05, 0) is 44.7 Å². The minimum absolute atomic E-state index is 0. The molecule has 3 rings (SSSR count). The average molecular weight is 528 g/mol. The van der Waals surface area contributed by atoms with Crippen LogP contribution in [0.4, 0.5) is 5.69 Å². The van der Waals surface area contributed by atoms with Crippen LogP contribution in [-0.2, 0) is 21.3 Å². The van der Waals surface area contributed by atoms with E-state index < -0.39 is 17.6 Å². The van der Waals surface area contributed by atoms with Crippen LogP contribution in [0.15, 0.2) is 94.9 Å². The van der Waals surface area contributed by atoms with Crippen molar-refractivity contribution in [1.29, 1.82) is 0 Å².